The molecule has 0 bridgehead atoms. The normalized spacial score (nSPS) is 11.4. The number of carboxylic acids is 1. The SMILES string of the molecule is O=C(O)c1cc2c(NC(=O)C(F)(F)F)cccc2[nH]c1=O. The number of hydrogen-bond acceptors (Lipinski definition) is 3. The van der Waals surface area contributed by atoms with E-state index < -0.39 is 29.2 Å². The van der Waals surface area contributed by atoms with Crippen molar-refractivity contribution < 1.29 is 27.9 Å². The Bertz CT molecular complexity index is 795. The zero-order valence-corrected chi connectivity index (χ0v) is 10.1. The average molecular weight is 300 g/mol. The number of aromatic amines is 1. The minimum absolute atomic E-state index is 0.0212. The molecule has 0 saturated carbocycles. The topological polar surface area (TPSA) is 99.3 Å². The van der Waals surface area contributed by atoms with Crippen molar-refractivity contribution in [2.24, 2.45) is 0 Å². The van der Waals surface area contributed by atoms with Gasteiger partial charge in [0.25, 0.3) is 5.56 Å². The molecule has 0 aliphatic rings. The van der Waals surface area contributed by atoms with Gasteiger partial charge < -0.3 is 15.4 Å². The Morgan fingerprint density at radius 3 is 2.48 bits per heavy atom. The van der Waals surface area contributed by atoms with Gasteiger partial charge in [0, 0.05) is 5.39 Å². The van der Waals surface area contributed by atoms with Gasteiger partial charge >= 0.3 is 18.1 Å². The zero-order valence-electron chi connectivity index (χ0n) is 10.1. The molecule has 0 atom stereocenters. The van der Waals surface area contributed by atoms with E-state index >= 15 is 0 Å². The highest BCUT2D eigenvalue weighted by molar-refractivity contribution is 6.04. The number of benzene rings is 1. The third kappa shape index (κ3) is 2.86. The molecule has 0 saturated heterocycles. The largest absolute Gasteiger partial charge is 0.477 e. The lowest BCUT2D eigenvalue weighted by atomic mass is 10.1. The van der Waals surface area contributed by atoms with Crippen LogP contribution in [0.2, 0.25) is 0 Å². The van der Waals surface area contributed by atoms with E-state index in [9.17, 15) is 27.6 Å². The minimum Gasteiger partial charge on any atom is -0.477 e. The van der Waals surface area contributed by atoms with E-state index in [1.165, 1.54) is 12.1 Å². The summed E-state index contributed by atoms with van der Waals surface area (Å²) >= 11 is 0. The molecule has 2 rings (SSSR count). The quantitative estimate of drug-likeness (QED) is 0.786. The summed E-state index contributed by atoms with van der Waals surface area (Å²) in [4.78, 5) is 35.5. The molecule has 2 aromatic rings. The first-order valence-corrected chi connectivity index (χ1v) is 5.47. The summed E-state index contributed by atoms with van der Waals surface area (Å²) in [6.07, 6.45) is -5.08. The first-order chi connectivity index (χ1) is 9.70. The zero-order chi connectivity index (χ0) is 15.8. The van der Waals surface area contributed by atoms with Crippen LogP contribution in [0.25, 0.3) is 10.9 Å². The summed E-state index contributed by atoms with van der Waals surface area (Å²) in [7, 11) is 0. The second-order valence-electron chi connectivity index (χ2n) is 4.04. The number of amides is 1. The Morgan fingerprint density at radius 2 is 1.90 bits per heavy atom. The molecule has 3 N–H and O–H groups in total. The van der Waals surface area contributed by atoms with E-state index in [0.29, 0.717) is 0 Å². The second-order valence-corrected chi connectivity index (χ2v) is 4.04. The fourth-order valence-electron chi connectivity index (χ4n) is 1.69. The van der Waals surface area contributed by atoms with Gasteiger partial charge in [-0.1, -0.05) is 6.07 Å². The van der Waals surface area contributed by atoms with Crippen LogP contribution in [0.3, 0.4) is 0 Å². The van der Waals surface area contributed by atoms with Crippen LogP contribution in [0, 0.1) is 0 Å². The maximum atomic E-state index is 12.2. The number of aromatic nitrogens is 1. The van der Waals surface area contributed by atoms with Gasteiger partial charge in [-0.25, -0.2) is 4.79 Å². The molecule has 1 aromatic heterocycles. The van der Waals surface area contributed by atoms with Gasteiger partial charge in [-0.2, -0.15) is 13.2 Å². The summed E-state index contributed by atoms with van der Waals surface area (Å²) in [6, 6.07) is 4.74. The monoisotopic (exact) mass is 300 g/mol. The van der Waals surface area contributed by atoms with Gasteiger partial charge in [-0.05, 0) is 18.2 Å². The van der Waals surface area contributed by atoms with Crippen molar-refractivity contribution in [2.75, 3.05) is 5.32 Å². The van der Waals surface area contributed by atoms with Gasteiger partial charge in [-0.3, -0.25) is 9.59 Å². The van der Waals surface area contributed by atoms with Crippen molar-refractivity contribution in [3.8, 4) is 0 Å². The Morgan fingerprint density at radius 1 is 1.24 bits per heavy atom. The van der Waals surface area contributed by atoms with Crippen molar-refractivity contribution in [3.63, 3.8) is 0 Å². The lowest BCUT2D eigenvalue weighted by Gasteiger charge is -2.10. The first-order valence-electron chi connectivity index (χ1n) is 5.47. The number of hydrogen-bond donors (Lipinski definition) is 3. The van der Waals surface area contributed by atoms with E-state index in [1.54, 1.807) is 5.32 Å². The number of aromatic carboxylic acids is 1. The standard InChI is InChI=1S/C12H7F3N2O4/c13-12(14,15)11(21)17-8-3-1-2-7-5(8)4-6(10(19)20)9(18)16-7/h1-4H,(H,16,18)(H,17,21)(H,19,20). The van der Waals surface area contributed by atoms with Crippen molar-refractivity contribution in [1.82, 2.24) is 4.98 Å². The highest BCUT2D eigenvalue weighted by atomic mass is 19.4. The smallest absolute Gasteiger partial charge is 0.471 e. The van der Waals surface area contributed by atoms with Crippen LogP contribution >= 0.6 is 0 Å². The van der Waals surface area contributed by atoms with Crippen LogP contribution in [-0.2, 0) is 4.79 Å². The number of fused-ring (bicyclic) bond motifs is 1. The average Bonchev–Trinajstić information content (AvgIpc) is 2.36. The van der Waals surface area contributed by atoms with Crippen molar-refractivity contribution in [3.05, 3.63) is 40.2 Å². The summed E-state index contributed by atoms with van der Waals surface area (Å²) in [5.41, 5.74) is -1.69. The first kappa shape index (κ1) is 14.6. The lowest BCUT2D eigenvalue weighted by molar-refractivity contribution is -0.167. The van der Waals surface area contributed by atoms with Crippen LogP contribution in [0.4, 0.5) is 18.9 Å². The molecule has 0 radical (unpaired) electrons. The van der Waals surface area contributed by atoms with Crippen LogP contribution in [0.5, 0.6) is 0 Å². The fourth-order valence-corrected chi connectivity index (χ4v) is 1.69. The maximum Gasteiger partial charge on any atom is 0.471 e. The van der Waals surface area contributed by atoms with Crippen LogP contribution in [0.1, 0.15) is 10.4 Å². The van der Waals surface area contributed by atoms with Crippen molar-refractivity contribution >= 4 is 28.5 Å². The highest BCUT2D eigenvalue weighted by Crippen LogP contribution is 2.24. The highest BCUT2D eigenvalue weighted by Gasteiger charge is 2.38. The van der Waals surface area contributed by atoms with E-state index in [0.717, 1.165) is 12.1 Å². The van der Waals surface area contributed by atoms with E-state index in [1.807, 2.05) is 0 Å². The third-order valence-corrected chi connectivity index (χ3v) is 2.62. The molecule has 1 amide bonds. The number of carbonyl (C=O) groups excluding carboxylic acids is 1. The number of carbonyl (C=O) groups is 2. The maximum absolute atomic E-state index is 12.2. The van der Waals surface area contributed by atoms with Gasteiger partial charge in [0.05, 0.1) is 11.2 Å². The Hall–Kier alpha value is -2.84. The fraction of sp³-hybridized carbons (Fsp3) is 0.0833. The van der Waals surface area contributed by atoms with Crippen molar-refractivity contribution in [1.29, 1.82) is 0 Å². The molecule has 9 heteroatoms. The molecule has 0 aliphatic heterocycles. The lowest BCUT2D eigenvalue weighted by Crippen LogP contribution is -2.30. The van der Waals surface area contributed by atoms with Gasteiger partial charge in [0.15, 0.2) is 0 Å². The Kier molecular flexibility index (Phi) is 3.42. The molecule has 1 heterocycles. The third-order valence-electron chi connectivity index (χ3n) is 2.62. The summed E-state index contributed by atoms with van der Waals surface area (Å²) in [5.74, 6) is -3.73. The van der Waals surface area contributed by atoms with Gasteiger partial charge in [0.1, 0.15) is 5.56 Å². The Labute approximate surface area is 114 Å². The molecule has 0 aliphatic carbocycles. The van der Waals surface area contributed by atoms with Crippen LogP contribution in [0.15, 0.2) is 29.1 Å². The second kappa shape index (κ2) is 4.93. The number of anilines is 1. The minimum atomic E-state index is -5.08. The van der Waals surface area contributed by atoms with E-state index in [4.69, 9.17) is 5.11 Å². The molecule has 1 aromatic carbocycles. The van der Waals surface area contributed by atoms with Crippen molar-refractivity contribution in [2.45, 2.75) is 6.18 Å². The predicted octanol–water partition coefficient (Wildman–Crippen LogP) is 1.73. The molecule has 110 valence electrons. The summed E-state index contributed by atoms with van der Waals surface area (Å²) in [6.45, 7) is 0. The Balaban J connectivity index is 2.60. The molecule has 0 spiro atoms. The number of pyridine rings is 1. The van der Waals surface area contributed by atoms with Gasteiger partial charge in [-0.15, -0.1) is 0 Å². The number of rotatable bonds is 2. The number of H-pyrrole nitrogens is 1. The van der Waals surface area contributed by atoms with Crippen LogP contribution < -0.4 is 10.9 Å². The predicted molar refractivity (Wildman–Crippen MR) is 66.2 cm³/mol. The number of carboxylic acid groups (broad SMARTS) is 1. The number of halogens is 3. The van der Waals surface area contributed by atoms with E-state index in [-0.39, 0.29) is 16.6 Å². The summed E-state index contributed by atoms with van der Waals surface area (Å²) in [5, 5.41) is 10.5. The van der Waals surface area contributed by atoms with E-state index in [2.05, 4.69) is 4.98 Å². The molecular weight excluding hydrogens is 293 g/mol. The van der Waals surface area contributed by atoms with Gasteiger partial charge in [0.2, 0.25) is 0 Å². The summed E-state index contributed by atoms with van der Waals surface area (Å²) < 4.78 is 36.7. The molecule has 6 nitrogen and oxygen atoms in total. The molecule has 0 fully saturated rings. The molecule has 0 unspecified atom stereocenters. The van der Waals surface area contributed by atoms with Crippen LogP contribution in [-0.4, -0.2) is 28.1 Å². The number of alkyl halides is 3. The number of nitrogens with one attached hydrogen (secondary N) is 2. The molecular formula is C12H7F3N2O4. The molecule has 21 heavy (non-hydrogen) atoms.